The number of rotatable bonds is 9. The van der Waals surface area contributed by atoms with Crippen LogP contribution in [-0.2, 0) is 4.79 Å². The molecule has 0 spiro atoms. The highest BCUT2D eigenvalue weighted by atomic mass is 32.2. The van der Waals surface area contributed by atoms with E-state index in [2.05, 4.69) is 24.5 Å². The molecule has 2 N–H and O–H groups in total. The van der Waals surface area contributed by atoms with Gasteiger partial charge in [-0.2, -0.15) is 11.8 Å². The molecular formula is C22H28N2O3S. The Morgan fingerprint density at radius 3 is 2.54 bits per heavy atom. The second kappa shape index (κ2) is 10.8. The molecule has 2 aromatic rings. The molecular weight excluding hydrogens is 372 g/mol. The topological polar surface area (TPSA) is 67.4 Å². The summed E-state index contributed by atoms with van der Waals surface area (Å²) in [5.74, 6) is 1.06. The maximum Gasteiger partial charge on any atom is 0.255 e. The Bertz CT molecular complexity index is 808. The van der Waals surface area contributed by atoms with Crippen LogP contribution in [0.4, 0.5) is 5.69 Å². The van der Waals surface area contributed by atoms with Gasteiger partial charge in [-0.3, -0.25) is 9.59 Å². The number of methoxy groups -OCH3 is 1. The lowest BCUT2D eigenvalue weighted by atomic mass is 10.0. The number of thioether (sulfide) groups is 1. The molecule has 0 radical (unpaired) electrons. The van der Waals surface area contributed by atoms with Gasteiger partial charge in [0.2, 0.25) is 5.91 Å². The van der Waals surface area contributed by atoms with E-state index in [1.165, 1.54) is 7.11 Å². The standard InChI is InChI=1S/C22H28N2O3S/c1-15(2)16-8-7-9-17(14-16)23-22(26)19(12-13-28-4)24-21(25)18-10-5-6-11-20(18)27-3/h5-11,14-15,19H,12-13H2,1-4H3,(H,23,26)(H,24,25). The molecule has 0 saturated carbocycles. The van der Waals surface area contributed by atoms with Crippen LogP contribution < -0.4 is 15.4 Å². The Balaban J connectivity index is 2.14. The number of hydrogen-bond acceptors (Lipinski definition) is 4. The number of anilines is 1. The van der Waals surface area contributed by atoms with E-state index >= 15 is 0 Å². The normalized spacial score (nSPS) is 11.8. The third-order valence-electron chi connectivity index (χ3n) is 4.40. The van der Waals surface area contributed by atoms with Crippen LogP contribution in [0.25, 0.3) is 0 Å². The van der Waals surface area contributed by atoms with Gasteiger partial charge in [0.1, 0.15) is 11.8 Å². The summed E-state index contributed by atoms with van der Waals surface area (Å²) in [5.41, 5.74) is 2.29. The quantitative estimate of drug-likeness (QED) is 0.658. The lowest BCUT2D eigenvalue weighted by Gasteiger charge is -2.19. The van der Waals surface area contributed by atoms with E-state index in [0.29, 0.717) is 23.7 Å². The summed E-state index contributed by atoms with van der Waals surface area (Å²) >= 11 is 1.63. The van der Waals surface area contributed by atoms with Gasteiger partial charge in [-0.05, 0) is 54.2 Å². The zero-order valence-corrected chi connectivity index (χ0v) is 17.6. The van der Waals surface area contributed by atoms with Crippen LogP contribution >= 0.6 is 11.8 Å². The Morgan fingerprint density at radius 2 is 1.86 bits per heavy atom. The molecule has 5 nitrogen and oxygen atoms in total. The van der Waals surface area contributed by atoms with Crippen molar-refractivity contribution in [1.82, 2.24) is 5.32 Å². The van der Waals surface area contributed by atoms with E-state index in [4.69, 9.17) is 4.74 Å². The molecule has 1 atom stereocenters. The van der Waals surface area contributed by atoms with Crippen LogP contribution in [0.5, 0.6) is 5.75 Å². The maximum atomic E-state index is 12.9. The van der Waals surface area contributed by atoms with Crippen LogP contribution in [0.2, 0.25) is 0 Å². The van der Waals surface area contributed by atoms with E-state index in [-0.39, 0.29) is 11.8 Å². The van der Waals surface area contributed by atoms with Crippen LogP contribution in [0, 0.1) is 0 Å². The molecule has 2 aromatic carbocycles. The number of carbonyl (C=O) groups excluding carboxylic acids is 2. The average Bonchev–Trinajstić information content (AvgIpc) is 2.70. The lowest BCUT2D eigenvalue weighted by molar-refractivity contribution is -0.118. The minimum atomic E-state index is -0.632. The maximum absolute atomic E-state index is 12.9. The van der Waals surface area contributed by atoms with Crippen LogP contribution in [0.15, 0.2) is 48.5 Å². The molecule has 6 heteroatoms. The Labute approximate surface area is 171 Å². The molecule has 0 bridgehead atoms. The second-order valence-corrected chi connectivity index (χ2v) is 7.76. The highest BCUT2D eigenvalue weighted by Gasteiger charge is 2.23. The number of ether oxygens (including phenoxy) is 1. The van der Waals surface area contributed by atoms with Gasteiger partial charge < -0.3 is 15.4 Å². The molecule has 2 rings (SSSR count). The molecule has 150 valence electrons. The van der Waals surface area contributed by atoms with Crippen molar-refractivity contribution in [3.8, 4) is 5.75 Å². The van der Waals surface area contributed by atoms with E-state index in [1.54, 1.807) is 36.0 Å². The number of hydrogen-bond donors (Lipinski definition) is 2. The number of benzene rings is 2. The Morgan fingerprint density at radius 1 is 1.11 bits per heavy atom. The van der Waals surface area contributed by atoms with Gasteiger partial charge in [0.15, 0.2) is 0 Å². The molecule has 1 unspecified atom stereocenters. The van der Waals surface area contributed by atoms with Crippen LogP contribution in [0.1, 0.15) is 42.1 Å². The van der Waals surface area contributed by atoms with Crippen LogP contribution in [0.3, 0.4) is 0 Å². The fraction of sp³-hybridized carbons (Fsp3) is 0.364. The first-order valence-electron chi connectivity index (χ1n) is 9.30. The van der Waals surface area contributed by atoms with Crippen LogP contribution in [-0.4, -0.2) is 37.0 Å². The molecule has 28 heavy (non-hydrogen) atoms. The van der Waals surface area contributed by atoms with E-state index in [0.717, 1.165) is 17.0 Å². The Hall–Kier alpha value is -2.47. The molecule has 0 saturated heterocycles. The fourth-order valence-electron chi connectivity index (χ4n) is 2.78. The molecule has 0 fully saturated rings. The van der Waals surface area contributed by atoms with Gasteiger partial charge in [0, 0.05) is 5.69 Å². The number of nitrogens with one attached hydrogen (secondary N) is 2. The van der Waals surface area contributed by atoms with Crippen molar-refractivity contribution in [2.45, 2.75) is 32.2 Å². The Kier molecular flexibility index (Phi) is 8.39. The summed E-state index contributed by atoms with van der Waals surface area (Å²) in [7, 11) is 1.52. The van der Waals surface area contributed by atoms with Gasteiger partial charge in [0.05, 0.1) is 12.7 Å². The molecule has 0 aromatic heterocycles. The van der Waals surface area contributed by atoms with Crippen molar-refractivity contribution in [2.24, 2.45) is 0 Å². The highest BCUT2D eigenvalue weighted by Crippen LogP contribution is 2.20. The van der Waals surface area contributed by atoms with Crippen molar-refractivity contribution >= 4 is 29.3 Å². The largest absolute Gasteiger partial charge is 0.496 e. The zero-order chi connectivity index (χ0) is 20.5. The first kappa shape index (κ1) is 21.8. The smallest absolute Gasteiger partial charge is 0.255 e. The SMILES string of the molecule is COc1ccccc1C(=O)NC(CCSC)C(=O)Nc1cccc(C(C)C)c1. The first-order chi connectivity index (χ1) is 13.5. The fourth-order valence-corrected chi connectivity index (χ4v) is 3.25. The summed E-state index contributed by atoms with van der Waals surface area (Å²) in [6, 6.07) is 14.1. The van der Waals surface area contributed by atoms with Crippen molar-refractivity contribution in [3.05, 3.63) is 59.7 Å². The highest BCUT2D eigenvalue weighted by molar-refractivity contribution is 7.98. The third-order valence-corrected chi connectivity index (χ3v) is 5.05. The van der Waals surface area contributed by atoms with Crippen molar-refractivity contribution in [3.63, 3.8) is 0 Å². The van der Waals surface area contributed by atoms with Gasteiger partial charge in [-0.25, -0.2) is 0 Å². The molecule has 0 heterocycles. The molecule has 2 amide bonds. The van der Waals surface area contributed by atoms with E-state index in [9.17, 15) is 9.59 Å². The monoisotopic (exact) mass is 400 g/mol. The van der Waals surface area contributed by atoms with Crippen molar-refractivity contribution < 1.29 is 14.3 Å². The summed E-state index contributed by atoms with van der Waals surface area (Å²) in [4.78, 5) is 25.6. The van der Waals surface area contributed by atoms with Gasteiger partial charge in [0.25, 0.3) is 5.91 Å². The van der Waals surface area contributed by atoms with Crippen molar-refractivity contribution in [1.29, 1.82) is 0 Å². The molecule has 0 aliphatic heterocycles. The summed E-state index contributed by atoms with van der Waals surface area (Å²) in [6.07, 6.45) is 2.51. The number of amides is 2. The van der Waals surface area contributed by atoms with E-state index in [1.807, 2.05) is 30.5 Å². The number of para-hydroxylation sites is 1. The predicted octanol–water partition coefficient (Wildman–Crippen LogP) is 4.31. The average molecular weight is 401 g/mol. The van der Waals surface area contributed by atoms with Gasteiger partial charge in [-0.15, -0.1) is 0 Å². The first-order valence-corrected chi connectivity index (χ1v) is 10.7. The summed E-state index contributed by atoms with van der Waals surface area (Å²) < 4.78 is 5.26. The minimum absolute atomic E-state index is 0.224. The zero-order valence-electron chi connectivity index (χ0n) is 16.8. The second-order valence-electron chi connectivity index (χ2n) is 6.78. The van der Waals surface area contributed by atoms with E-state index < -0.39 is 6.04 Å². The molecule has 0 aliphatic carbocycles. The summed E-state index contributed by atoms with van der Waals surface area (Å²) in [6.45, 7) is 4.21. The van der Waals surface area contributed by atoms with Gasteiger partial charge in [-0.1, -0.05) is 38.1 Å². The molecule has 0 aliphatic rings. The van der Waals surface area contributed by atoms with Crippen molar-refractivity contribution in [2.75, 3.05) is 24.4 Å². The minimum Gasteiger partial charge on any atom is -0.496 e. The number of carbonyl (C=O) groups is 2. The van der Waals surface area contributed by atoms with Gasteiger partial charge >= 0.3 is 0 Å². The predicted molar refractivity (Wildman–Crippen MR) is 116 cm³/mol. The summed E-state index contributed by atoms with van der Waals surface area (Å²) in [5, 5.41) is 5.79. The lowest BCUT2D eigenvalue weighted by Crippen LogP contribution is -2.44. The third kappa shape index (κ3) is 6.02.